The molecule has 2 nitrogen and oxygen atoms in total. The molecular formula is C24H24ClN2+. The van der Waals surface area contributed by atoms with Gasteiger partial charge in [-0.2, -0.15) is 4.58 Å². The molecule has 2 aromatic rings. The molecule has 2 heterocycles. The summed E-state index contributed by atoms with van der Waals surface area (Å²) in [6.45, 7) is 2.09. The van der Waals surface area contributed by atoms with E-state index < -0.39 is 0 Å². The lowest BCUT2D eigenvalue weighted by molar-refractivity contribution is -0.423. The number of benzene rings is 2. The Balaban J connectivity index is 1.47. The molecule has 0 atom stereocenters. The first-order valence-corrected chi connectivity index (χ1v) is 10.3. The maximum Gasteiger partial charge on any atom is 0.208 e. The summed E-state index contributed by atoms with van der Waals surface area (Å²) in [5.41, 5.74) is 8.09. The van der Waals surface area contributed by atoms with E-state index in [-0.39, 0.29) is 0 Å². The quantitative estimate of drug-likeness (QED) is 0.621. The summed E-state index contributed by atoms with van der Waals surface area (Å²) in [4.78, 5) is 2.38. The normalized spacial score (nSPS) is 21.9. The maximum atomic E-state index is 6.89. The molecule has 0 bridgehead atoms. The van der Waals surface area contributed by atoms with Crippen LogP contribution in [0.4, 0.5) is 11.4 Å². The number of para-hydroxylation sites is 2. The fraction of sp³-hybridized carbons (Fsp3) is 0.292. The number of hydrogen-bond donors (Lipinski definition) is 0. The van der Waals surface area contributed by atoms with E-state index in [0.29, 0.717) is 0 Å². The van der Waals surface area contributed by atoms with E-state index in [9.17, 15) is 0 Å². The number of hydrogen-bond acceptors (Lipinski definition) is 1. The predicted octanol–water partition coefficient (Wildman–Crippen LogP) is 5.58. The van der Waals surface area contributed by atoms with Crippen LogP contribution in [0.1, 0.15) is 30.4 Å². The summed E-state index contributed by atoms with van der Waals surface area (Å²) in [5, 5.41) is 0.954. The van der Waals surface area contributed by atoms with Gasteiger partial charge in [0.15, 0.2) is 12.8 Å². The lowest BCUT2D eigenvalue weighted by atomic mass is 9.95. The molecule has 0 radical (unpaired) electrons. The zero-order valence-electron chi connectivity index (χ0n) is 15.5. The van der Waals surface area contributed by atoms with Crippen LogP contribution in [0, 0.1) is 0 Å². The highest BCUT2D eigenvalue weighted by atomic mass is 35.5. The first-order chi connectivity index (χ1) is 13.3. The Morgan fingerprint density at radius 2 is 1.70 bits per heavy atom. The molecule has 0 saturated heterocycles. The Kier molecular flexibility index (Phi) is 4.37. The van der Waals surface area contributed by atoms with Gasteiger partial charge in [0.2, 0.25) is 5.69 Å². The Hall–Kier alpha value is -2.32. The number of anilines is 1. The van der Waals surface area contributed by atoms with Crippen LogP contribution in [0.25, 0.3) is 0 Å². The smallest absolute Gasteiger partial charge is 0.208 e. The fourth-order valence-electron chi connectivity index (χ4n) is 4.51. The van der Waals surface area contributed by atoms with Gasteiger partial charge in [-0.05, 0) is 42.9 Å². The van der Waals surface area contributed by atoms with Gasteiger partial charge in [0, 0.05) is 42.1 Å². The van der Waals surface area contributed by atoms with E-state index in [2.05, 4.69) is 70.4 Å². The summed E-state index contributed by atoms with van der Waals surface area (Å²) in [6, 6.07) is 17.4. The second kappa shape index (κ2) is 7.01. The minimum Gasteiger partial charge on any atom is -0.347 e. The van der Waals surface area contributed by atoms with Crippen LogP contribution < -0.4 is 4.90 Å². The number of allylic oxidation sites excluding steroid dienone is 3. The first-order valence-electron chi connectivity index (χ1n) is 9.93. The van der Waals surface area contributed by atoms with Crippen molar-refractivity contribution < 1.29 is 4.58 Å². The van der Waals surface area contributed by atoms with Gasteiger partial charge in [-0.3, -0.25) is 0 Å². The van der Waals surface area contributed by atoms with Crippen molar-refractivity contribution in [3.05, 3.63) is 82.0 Å². The molecule has 0 unspecified atom stereocenters. The van der Waals surface area contributed by atoms with Crippen LogP contribution in [0.15, 0.2) is 70.9 Å². The fourth-order valence-corrected chi connectivity index (χ4v) is 4.80. The molecule has 136 valence electrons. The Morgan fingerprint density at radius 1 is 0.889 bits per heavy atom. The molecular weight excluding hydrogens is 352 g/mol. The molecule has 0 amide bonds. The van der Waals surface area contributed by atoms with Crippen LogP contribution in [0.5, 0.6) is 0 Å². The predicted molar refractivity (Wildman–Crippen MR) is 113 cm³/mol. The van der Waals surface area contributed by atoms with Crippen LogP contribution in [0.3, 0.4) is 0 Å². The third-order valence-electron chi connectivity index (χ3n) is 5.93. The summed E-state index contributed by atoms with van der Waals surface area (Å²) in [5.74, 6) is 0. The standard InChI is InChI=1S/C24H24ClN2/c25-24-20(16-26-14-12-18-6-1-3-10-22(18)26)8-5-9-21(24)17-27-15-13-19-7-2-4-11-23(19)27/h1-4,6-7,10-11,16-17H,5,8-9,12-15H2/q+1. The summed E-state index contributed by atoms with van der Waals surface area (Å²) < 4.78 is 2.38. The minimum atomic E-state index is 0.954. The topological polar surface area (TPSA) is 6.25 Å². The summed E-state index contributed by atoms with van der Waals surface area (Å²) in [6.07, 6.45) is 10.1. The van der Waals surface area contributed by atoms with E-state index >= 15 is 0 Å². The first kappa shape index (κ1) is 16.8. The van der Waals surface area contributed by atoms with Crippen molar-refractivity contribution in [2.45, 2.75) is 32.1 Å². The van der Waals surface area contributed by atoms with Crippen molar-refractivity contribution in [1.82, 2.24) is 0 Å². The van der Waals surface area contributed by atoms with E-state index in [1.807, 2.05) is 0 Å². The van der Waals surface area contributed by atoms with Crippen LogP contribution in [-0.4, -0.2) is 23.9 Å². The SMILES string of the molecule is ClC1=C(C=[N+]2CCc3ccccc32)CCC/C1=C\N1CCc2ccccc21. The van der Waals surface area contributed by atoms with Crippen molar-refractivity contribution in [3.63, 3.8) is 0 Å². The number of nitrogens with zero attached hydrogens (tertiary/aromatic N) is 2. The van der Waals surface area contributed by atoms with Gasteiger partial charge in [-0.25, -0.2) is 0 Å². The lowest BCUT2D eigenvalue weighted by Gasteiger charge is -2.20. The van der Waals surface area contributed by atoms with Crippen LogP contribution in [0.2, 0.25) is 0 Å². The molecule has 1 aliphatic carbocycles. The second-order valence-corrected chi connectivity index (χ2v) is 8.00. The van der Waals surface area contributed by atoms with Crippen LogP contribution in [-0.2, 0) is 12.8 Å². The molecule has 2 aromatic carbocycles. The maximum absolute atomic E-state index is 6.89. The minimum absolute atomic E-state index is 0.954. The van der Waals surface area contributed by atoms with Crippen LogP contribution >= 0.6 is 11.6 Å². The lowest BCUT2D eigenvalue weighted by Crippen LogP contribution is -2.15. The molecule has 3 heteroatoms. The molecule has 0 fully saturated rings. The van der Waals surface area contributed by atoms with Gasteiger partial charge in [0.05, 0.1) is 5.03 Å². The van der Waals surface area contributed by atoms with Gasteiger partial charge >= 0.3 is 0 Å². The largest absolute Gasteiger partial charge is 0.347 e. The average Bonchev–Trinajstić information content (AvgIpc) is 3.30. The van der Waals surface area contributed by atoms with E-state index in [0.717, 1.165) is 43.8 Å². The third kappa shape index (κ3) is 3.12. The highest BCUT2D eigenvalue weighted by molar-refractivity contribution is 6.33. The summed E-state index contributed by atoms with van der Waals surface area (Å²) in [7, 11) is 0. The molecule has 5 rings (SSSR count). The van der Waals surface area contributed by atoms with Gasteiger partial charge < -0.3 is 4.90 Å². The van der Waals surface area contributed by atoms with Crippen molar-refractivity contribution in [1.29, 1.82) is 0 Å². The molecule has 2 aliphatic heterocycles. The molecule has 0 N–H and O–H groups in total. The number of fused-ring (bicyclic) bond motifs is 2. The third-order valence-corrected chi connectivity index (χ3v) is 6.41. The molecule has 27 heavy (non-hydrogen) atoms. The highest BCUT2D eigenvalue weighted by Gasteiger charge is 2.26. The zero-order chi connectivity index (χ0) is 18.2. The monoisotopic (exact) mass is 375 g/mol. The molecule has 0 spiro atoms. The van der Waals surface area contributed by atoms with Gasteiger partial charge in [0.25, 0.3) is 0 Å². The van der Waals surface area contributed by atoms with Gasteiger partial charge in [-0.1, -0.05) is 48.0 Å². The Bertz CT molecular complexity index is 983. The Morgan fingerprint density at radius 3 is 2.63 bits per heavy atom. The van der Waals surface area contributed by atoms with E-state index in [4.69, 9.17) is 11.6 Å². The van der Waals surface area contributed by atoms with Crippen molar-refractivity contribution in [3.8, 4) is 0 Å². The Labute approximate surface area is 166 Å². The summed E-state index contributed by atoms with van der Waals surface area (Å²) >= 11 is 6.89. The van der Waals surface area contributed by atoms with E-state index in [1.165, 1.54) is 40.1 Å². The molecule has 3 aliphatic rings. The second-order valence-electron chi connectivity index (χ2n) is 7.62. The van der Waals surface area contributed by atoms with E-state index in [1.54, 1.807) is 0 Å². The van der Waals surface area contributed by atoms with Crippen molar-refractivity contribution in [2.75, 3.05) is 18.0 Å². The average molecular weight is 376 g/mol. The van der Waals surface area contributed by atoms with Crippen molar-refractivity contribution in [2.24, 2.45) is 0 Å². The van der Waals surface area contributed by atoms with Crippen molar-refractivity contribution >= 4 is 29.2 Å². The molecule has 0 saturated carbocycles. The number of rotatable bonds is 2. The zero-order valence-corrected chi connectivity index (χ0v) is 16.3. The van der Waals surface area contributed by atoms with Gasteiger partial charge in [0.1, 0.15) is 0 Å². The molecule has 0 aromatic heterocycles. The number of halogens is 1. The highest BCUT2D eigenvalue weighted by Crippen LogP contribution is 2.35. The van der Waals surface area contributed by atoms with Gasteiger partial charge in [-0.15, -0.1) is 0 Å².